The molecule has 0 radical (unpaired) electrons. The summed E-state index contributed by atoms with van der Waals surface area (Å²) in [6, 6.07) is 10.0. The molecule has 1 fully saturated rings. The van der Waals surface area contributed by atoms with Crippen LogP contribution in [0.4, 0.5) is 5.69 Å². The van der Waals surface area contributed by atoms with Crippen LogP contribution in [0.3, 0.4) is 0 Å². The van der Waals surface area contributed by atoms with Crippen molar-refractivity contribution in [2.45, 2.75) is 19.4 Å². The molecule has 0 unspecified atom stereocenters. The molecule has 4 rings (SSSR count). The zero-order valence-corrected chi connectivity index (χ0v) is 18.1. The molecule has 0 saturated carbocycles. The summed E-state index contributed by atoms with van der Waals surface area (Å²) in [5, 5.41) is 13.9. The van der Waals surface area contributed by atoms with E-state index in [1.54, 1.807) is 12.1 Å². The molecule has 2 aliphatic rings. The van der Waals surface area contributed by atoms with Crippen molar-refractivity contribution in [2.75, 3.05) is 0 Å². The van der Waals surface area contributed by atoms with Crippen molar-refractivity contribution >= 4 is 46.6 Å². The Labute approximate surface area is 193 Å². The van der Waals surface area contributed by atoms with E-state index in [-0.39, 0.29) is 17.1 Å². The number of fused-ring (bicyclic) bond motifs is 1. The third-order valence-corrected chi connectivity index (χ3v) is 6.21. The monoisotopic (exact) mass is 473 g/mol. The fraction of sp³-hybridized carbons (Fsp3) is 0.227. The van der Waals surface area contributed by atoms with E-state index in [0.29, 0.717) is 23.4 Å². The average molecular weight is 474 g/mol. The van der Waals surface area contributed by atoms with E-state index in [0.717, 1.165) is 10.0 Å². The number of imide groups is 1. The zero-order chi connectivity index (χ0) is 23.0. The van der Waals surface area contributed by atoms with Crippen LogP contribution in [0.15, 0.2) is 54.6 Å². The summed E-state index contributed by atoms with van der Waals surface area (Å²) in [7, 11) is 0. The Hall–Kier alpha value is -3.23. The number of nitro groups is 1. The maximum atomic E-state index is 13.5. The molecule has 2 atom stereocenters. The quantitative estimate of drug-likeness (QED) is 0.277. The van der Waals surface area contributed by atoms with Gasteiger partial charge in [-0.2, -0.15) is 5.01 Å². The molecule has 32 heavy (non-hydrogen) atoms. The number of amides is 3. The van der Waals surface area contributed by atoms with Crippen LogP contribution in [-0.2, 0) is 16.1 Å². The topological polar surface area (TPSA) is 101 Å². The van der Waals surface area contributed by atoms with E-state index in [9.17, 15) is 24.5 Å². The van der Waals surface area contributed by atoms with Crippen LogP contribution in [0, 0.1) is 22.0 Å². The van der Waals surface area contributed by atoms with Gasteiger partial charge in [-0.15, -0.1) is 0 Å². The second-order valence-corrected chi connectivity index (χ2v) is 8.36. The molecule has 1 aliphatic carbocycles. The first-order valence-electron chi connectivity index (χ1n) is 9.81. The Balaban J connectivity index is 1.79. The number of nitro benzene ring substituents is 1. The second-order valence-electron chi connectivity index (χ2n) is 7.52. The first-order valence-corrected chi connectivity index (χ1v) is 10.6. The molecule has 0 N–H and O–H groups in total. The predicted molar refractivity (Wildman–Crippen MR) is 117 cm³/mol. The van der Waals surface area contributed by atoms with Gasteiger partial charge < -0.3 is 0 Å². The first-order chi connectivity index (χ1) is 15.3. The van der Waals surface area contributed by atoms with E-state index in [4.69, 9.17) is 23.2 Å². The number of nitrogens with zero attached hydrogens (tertiary/aromatic N) is 3. The number of hydrogen-bond acceptors (Lipinski definition) is 5. The summed E-state index contributed by atoms with van der Waals surface area (Å²) in [6.07, 6.45) is 4.45. The minimum atomic E-state index is -0.850. The van der Waals surface area contributed by atoms with Gasteiger partial charge in [0, 0.05) is 16.1 Å². The molecule has 0 bridgehead atoms. The number of carbonyl (C=O) groups is 3. The van der Waals surface area contributed by atoms with Gasteiger partial charge in [-0.05, 0) is 36.6 Å². The van der Waals surface area contributed by atoms with Crippen molar-refractivity contribution < 1.29 is 19.3 Å². The van der Waals surface area contributed by atoms with Gasteiger partial charge in [-0.1, -0.05) is 53.6 Å². The molecule has 1 heterocycles. The lowest BCUT2D eigenvalue weighted by Gasteiger charge is -2.30. The van der Waals surface area contributed by atoms with Crippen LogP contribution in [0.1, 0.15) is 28.8 Å². The van der Waals surface area contributed by atoms with Crippen molar-refractivity contribution in [1.29, 1.82) is 0 Å². The summed E-state index contributed by atoms with van der Waals surface area (Å²) in [6.45, 7) is -0.245. The van der Waals surface area contributed by atoms with E-state index in [2.05, 4.69) is 0 Å². The van der Waals surface area contributed by atoms with Crippen molar-refractivity contribution in [2.24, 2.45) is 11.8 Å². The minimum absolute atomic E-state index is 0.232. The number of hydrazine groups is 1. The standard InChI is InChI=1S/C22H17Cl2N3O5/c23-14-10-9-13(18(24)11-14)12-25(20(28)17-7-3-4-8-19(17)27(31)32)26-21(29)15-5-1-2-6-16(15)22(26)30/h1-4,7-11,15-16H,5-6,12H2/t15-,16-/m1/s1. The summed E-state index contributed by atoms with van der Waals surface area (Å²) in [5.41, 5.74) is -0.240. The Morgan fingerprint density at radius 3 is 2.28 bits per heavy atom. The molecular weight excluding hydrogens is 457 g/mol. The highest BCUT2D eigenvalue weighted by Gasteiger charge is 2.51. The molecule has 1 saturated heterocycles. The maximum Gasteiger partial charge on any atom is 0.282 e. The highest BCUT2D eigenvalue weighted by molar-refractivity contribution is 6.35. The Morgan fingerprint density at radius 2 is 1.69 bits per heavy atom. The third kappa shape index (κ3) is 3.87. The number of para-hydroxylation sites is 1. The number of rotatable bonds is 5. The Bertz CT molecular complexity index is 1140. The lowest BCUT2D eigenvalue weighted by molar-refractivity contribution is -0.385. The largest absolute Gasteiger partial charge is 0.282 e. The second kappa shape index (κ2) is 8.72. The lowest BCUT2D eigenvalue weighted by atomic mass is 9.85. The summed E-state index contributed by atoms with van der Waals surface area (Å²) in [4.78, 5) is 50.7. The van der Waals surface area contributed by atoms with Crippen LogP contribution < -0.4 is 0 Å². The van der Waals surface area contributed by atoms with Crippen molar-refractivity contribution in [3.63, 3.8) is 0 Å². The highest BCUT2D eigenvalue weighted by Crippen LogP contribution is 2.37. The normalized spacial score (nSPS) is 19.8. The highest BCUT2D eigenvalue weighted by atomic mass is 35.5. The molecule has 10 heteroatoms. The van der Waals surface area contributed by atoms with Gasteiger partial charge in [0.25, 0.3) is 23.4 Å². The minimum Gasteiger partial charge on any atom is -0.272 e. The molecule has 8 nitrogen and oxygen atoms in total. The smallest absolute Gasteiger partial charge is 0.272 e. The Kier molecular flexibility index (Phi) is 5.99. The Morgan fingerprint density at radius 1 is 1.06 bits per heavy atom. The van der Waals surface area contributed by atoms with E-state index in [1.165, 1.54) is 30.3 Å². The first kappa shape index (κ1) is 22.0. The van der Waals surface area contributed by atoms with Gasteiger partial charge in [-0.25, -0.2) is 5.01 Å². The van der Waals surface area contributed by atoms with E-state index < -0.39 is 40.2 Å². The van der Waals surface area contributed by atoms with Gasteiger partial charge in [0.05, 0.1) is 23.3 Å². The van der Waals surface area contributed by atoms with Crippen molar-refractivity contribution in [1.82, 2.24) is 10.0 Å². The molecule has 1 aliphatic heterocycles. The van der Waals surface area contributed by atoms with Crippen LogP contribution >= 0.6 is 23.2 Å². The molecular formula is C22H17Cl2N3O5. The fourth-order valence-corrected chi connectivity index (χ4v) is 4.49. The van der Waals surface area contributed by atoms with Crippen LogP contribution in [-0.4, -0.2) is 32.7 Å². The third-order valence-electron chi connectivity index (χ3n) is 5.63. The number of carbonyl (C=O) groups excluding carboxylic acids is 3. The molecule has 0 aromatic heterocycles. The lowest BCUT2D eigenvalue weighted by Crippen LogP contribution is -2.50. The van der Waals surface area contributed by atoms with E-state index in [1.807, 2.05) is 12.2 Å². The summed E-state index contributed by atoms with van der Waals surface area (Å²) in [5.74, 6) is -3.03. The van der Waals surface area contributed by atoms with Crippen LogP contribution in [0.25, 0.3) is 0 Å². The molecule has 2 aromatic carbocycles. The number of hydrogen-bond donors (Lipinski definition) is 0. The van der Waals surface area contributed by atoms with Gasteiger partial charge in [0.1, 0.15) is 5.56 Å². The van der Waals surface area contributed by atoms with Crippen molar-refractivity contribution in [3.05, 3.63) is 85.9 Å². The number of halogens is 2. The zero-order valence-electron chi connectivity index (χ0n) is 16.6. The SMILES string of the molecule is O=C(c1ccccc1[N+](=O)[O-])N(Cc1ccc(Cl)cc1Cl)N1C(=O)[C@@H]2CC=CC[C@H]2C1=O. The van der Waals surface area contributed by atoms with Crippen LogP contribution in [0.2, 0.25) is 10.0 Å². The molecule has 2 aromatic rings. The molecule has 0 spiro atoms. The maximum absolute atomic E-state index is 13.5. The van der Waals surface area contributed by atoms with Crippen molar-refractivity contribution in [3.8, 4) is 0 Å². The summed E-state index contributed by atoms with van der Waals surface area (Å²) < 4.78 is 0. The number of benzene rings is 2. The van der Waals surface area contributed by atoms with Gasteiger partial charge in [0.2, 0.25) is 0 Å². The predicted octanol–water partition coefficient (Wildman–Crippen LogP) is 4.41. The fourth-order valence-electron chi connectivity index (χ4n) is 4.02. The average Bonchev–Trinajstić information content (AvgIpc) is 3.03. The number of allylic oxidation sites excluding steroid dienone is 2. The van der Waals surface area contributed by atoms with Crippen LogP contribution in [0.5, 0.6) is 0 Å². The van der Waals surface area contributed by atoms with E-state index >= 15 is 0 Å². The van der Waals surface area contributed by atoms with Gasteiger partial charge >= 0.3 is 0 Å². The summed E-state index contributed by atoms with van der Waals surface area (Å²) >= 11 is 12.2. The molecule has 3 amide bonds. The van der Waals surface area contributed by atoms with Gasteiger partial charge in [0.15, 0.2) is 0 Å². The van der Waals surface area contributed by atoms with Gasteiger partial charge in [-0.3, -0.25) is 24.5 Å². The molecule has 164 valence electrons.